The summed E-state index contributed by atoms with van der Waals surface area (Å²) in [6.07, 6.45) is 1.52. The Morgan fingerprint density at radius 1 is 1.12 bits per heavy atom. The van der Waals surface area contributed by atoms with E-state index in [1.807, 2.05) is 29.6 Å². The Morgan fingerprint density at radius 3 is 2.80 bits per heavy atom. The minimum absolute atomic E-state index is 0.117. The normalized spacial score (nSPS) is 11.1. The second-order valence-corrected chi connectivity index (χ2v) is 7.16. The number of hydrogen-bond donors (Lipinski definition) is 0. The summed E-state index contributed by atoms with van der Waals surface area (Å²) in [4.78, 5) is 21.5. The number of fused-ring (bicyclic) bond motifs is 1. The molecule has 4 nitrogen and oxygen atoms in total. The van der Waals surface area contributed by atoms with E-state index in [0.29, 0.717) is 27.5 Å². The lowest BCUT2D eigenvalue weighted by atomic mass is 10.2. The molecule has 0 aliphatic carbocycles. The third kappa shape index (κ3) is 3.18. The number of hydrogen-bond acceptors (Lipinski definition) is 4. The van der Waals surface area contributed by atoms with Crippen molar-refractivity contribution in [1.29, 1.82) is 0 Å². The summed E-state index contributed by atoms with van der Waals surface area (Å²) in [5, 5.41) is 4.51. The summed E-state index contributed by atoms with van der Waals surface area (Å²) in [6, 6.07) is 12.6. The van der Waals surface area contributed by atoms with Crippen LogP contribution in [-0.4, -0.2) is 14.5 Å². The first-order valence-electron chi connectivity index (χ1n) is 7.46. The fourth-order valence-electron chi connectivity index (χ4n) is 2.56. The molecule has 0 aliphatic rings. The van der Waals surface area contributed by atoms with Crippen LogP contribution in [0.5, 0.6) is 0 Å². The van der Waals surface area contributed by atoms with Crippen molar-refractivity contribution in [3.8, 4) is 10.6 Å². The molecule has 0 fully saturated rings. The van der Waals surface area contributed by atoms with Crippen LogP contribution in [0.3, 0.4) is 0 Å². The first-order valence-corrected chi connectivity index (χ1v) is 9.09. The van der Waals surface area contributed by atoms with Gasteiger partial charge in [-0.1, -0.05) is 41.4 Å². The Morgan fingerprint density at radius 2 is 1.96 bits per heavy atom. The minimum Gasteiger partial charge on any atom is -0.293 e. The Bertz CT molecular complexity index is 1140. The second kappa shape index (κ2) is 6.59. The zero-order valence-corrected chi connectivity index (χ0v) is 15.1. The maximum atomic E-state index is 12.6. The monoisotopic (exact) mass is 387 g/mol. The van der Waals surface area contributed by atoms with Gasteiger partial charge in [0.2, 0.25) is 0 Å². The molecule has 25 heavy (non-hydrogen) atoms. The van der Waals surface area contributed by atoms with E-state index in [-0.39, 0.29) is 5.56 Å². The van der Waals surface area contributed by atoms with Gasteiger partial charge in [0.05, 0.1) is 34.5 Å². The van der Waals surface area contributed by atoms with E-state index in [9.17, 15) is 4.79 Å². The zero-order chi connectivity index (χ0) is 17.4. The van der Waals surface area contributed by atoms with Gasteiger partial charge in [-0.25, -0.2) is 9.97 Å². The number of aromatic nitrogens is 3. The molecule has 4 rings (SSSR count). The van der Waals surface area contributed by atoms with E-state index >= 15 is 0 Å². The van der Waals surface area contributed by atoms with Crippen molar-refractivity contribution in [2.24, 2.45) is 0 Å². The molecule has 2 aromatic carbocycles. The molecule has 2 heterocycles. The summed E-state index contributed by atoms with van der Waals surface area (Å²) in [5.74, 6) is 0. The average Bonchev–Trinajstić information content (AvgIpc) is 3.06. The maximum Gasteiger partial charge on any atom is 0.261 e. The highest BCUT2D eigenvalue weighted by Gasteiger charge is 2.10. The van der Waals surface area contributed by atoms with Gasteiger partial charge >= 0.3 is 0 Å². The van der Waals surface area contributed by atoms with Gasteiger partial charge in [0.15, 0.2) is 0 Å². The Hall–Kier alpha value is -2.21. The number of nitrogens with zero attached hydrogens (tertiary/aromatic N) is 3. The van der Waals surface area contributed by atoms with E-state index in [4.69, 9.17) is 23.2 Å². The van der Waals surface area contributed by atoms with Crippen LogP contribution in [0.25, 0.3) is 21.5 Å². The summed E-state index contributed by atoms with van der Waals surface area (Å²) in [6.45, 7) is 0.353. The van der Waals surface area contributed by atoms with Crippen LogP contribution in [0.4, 0.5) is 0 Å². The van der Waals surface area contributed by atoms with Gasteiger partial charge in [-0.15, -0.1) is 11.3 Å². The quantitative estimate of drug-likeness (QED) is 0.503. The van der Waals surface area contributed by atoms with E-state index in [0.717, 1.165) is 16.3 Å². The van der Waals surface area contributed by atoms with Crippen molar-refractivity contribution in [1.82, 2.24) is 14.5 Å². The fraction of sp³-hybridized carbons (Fsp3) is 0.0556. The van der Waals surface area contributed by atoms with Crippen molar-refractivity contribution in [2.45, 2.75) is 6.54 Å². The van der Waals surface area contributed by atoms with E-state index in [1.165, 1.54) is 17.7 Å². The van der Waals surface area contributed by atoms with E-state index in [1.54, 1.807) is 22.8 Å². The van der Waals surface area contributed by atoms with Gasteiger partial charge in [0.1, 0.15) is 5.01 Å². The summed E-state index contributed by atoms with van der Waals surface area (Å²) >= 11 is 13.7. The van der Waals surface area contributed by atoms with Gasteiger partial charge in [-0.2, -0.15) is 0 Å². The molecule has 0 spiro atoms. The molecule has 0 atom stereocenters. The van der Waals surface area contributed by atoms with Crippen molar-refractivity contribution in [3.05, 3.63) is 80.3 Å². The summed E-state index contributed by atoms with van der Waals surface area (Å²) < 4.78 is 1.54. The topological polar surface area (TPSA) is 47.8 Å². The predicted molar refractivity (Wildman–Crippen MR) is 103 cm³/mol. The first kappa shape index (κ1) is 16.3. The summed E-state index contributed by atoms with van der Waals surface area (Å²) in [5.41, 5.74) is 2.15. The van der Waals surface area contributed by atoms with Crippen molar-refractivity contribution < 1.29 is 0 Å². The van der Waals surface area contributed by atoms with Crippen LogP contribution in [0.2, 0.25) is 10.0 Å². The largest absolute Gasteiger partial charge is 0.293 e. The van der Waals surface area contributed by atoms with Crippen LogP contribution in [0.1, 0.15) is 5.69 Å². The van der Waals surface area contributed by atoms with E-state index in [2.05, 4.69) is 9.97 Å². The van der Waals surface area contributed by atoms with Gasteiger partial charge in [-0.3, -0.25) is 9.36 Å². The number of benzene rings is 2. The highest BCUT2D eigenvalue weighted by Crippen LogP contribution is 2.30. The fourth-order valence-corrected chi connectivity index (χ4v) is 3.85. The molecule has 7 heteroatoms. The zero-order valence-electron chi connectivity index (χ0n) is 12.8. The lowest BCUT2D eigenvalue weighted by Crippen LogP contribution is -2.21. The third-order valence-electron chi connectivity index (χ3n) is 3.78. The van der Waals surface area contributed by atoms with Crippen LogP contribution in [0, 0.1) is 0 Å². The molecule has 0 radical (unpaired) electrons. The highest BCUT2D eigenvalue weighted by molar-refractivity contribution is 7.13. The van der Waals surface area contributed by atoms with Crippen molar-refractivity contribution >= 4 is 45.4 Å². The molecule has 4 aromatic rings. The molecular formula is C18H11Cl2N3OS. The molecule has 0 amide bonds. The van der Waals surface area contributed by atoms with Crippen molar-refractivity contribution in [2.75, 3.05) is 0 Å². The standard InChI is InChI=1S/C18H11Cl2N3OS/c19-11-5-6-14-16(7-11)21-10-23(18(14)24)8-12-9-25-17(22-12)13-3-1-2-4-15(13)20/h1-7,9-10H,8H2. The third-order valence-corrected chi connectivity index (χ3v) is 5.26. The van der Waals surface area contributed by atoms with Crippen LogP contribution in [-0.2, 0) is 6.54 Å². The van der Waals surface area contributed by atoms with Crippen LogP contribution >= 0.6 is 34.5 Å². The number of thiazole rings is 1. The second-order valence-electron chi connectivity index (χ2n) is 5.46. The highest BCUT2D eigenvalue weighted by atomic mass is 35.5. The smallest absolute Gasteiger partial charge is 0.261 e. The Balaban J connectivity index is 1.68. The molecule has 0 unspecified atom stereocenters. The van der Waals surface area contributed by atoms with Gasteiger partial charge in [-0.05, 0) is 24.3 Å². The van der Waals surface area contributed by atoms with Crippen LogP contribution < -0.4 is 5.56 Å². The Kier molecular flexibility index (Phi) is 4.29. The van der Waals surface area contributed by atoms with Crippen molar-refractivity contribution in [3.63, 3.8) is 0 Å². The lowest BCUT2D eigenvalue weighted by Gasteiger charge is -2.05. The molecular weight excluding hydrogens is 377 g/mol. The number of rotatable bonds is 3. The number of halogens is 2. The molecule has 0 aliphatic heterocycles. The Labute approximate surface area is 157 Å². The molecule has 0 N–H and O–H groups in total. The SMILES string of the molecule is O=c1c2ccc(Cl)cc2ncn1Cc1csc(-c2ccccc2Cl)n1. The minimum atomic E-state index is -0.117. The maximum absolute atomic E-state index is 12.6. The van der Waals surface area contributed by atoms with Gasteiger partial charge in [0.25, 0.3) is 5.56 Å². The molecule has 0 saturated carbocycles. The average molecular weight is 388 g/mol. The predicted octanol–water partition coefficient (Wildman–Crippen LogP) is 4.88. The van der Waals surface area contributed by atoms with E-state index < -0.39 is 0 Å². The van der Waals surface area contributed by atoms with Crippen LogP contribution in [0.15, 0.2) is 59.0 Å². The molecule has 2 aromatic heterocycles. The van der Waals surface area contributed by atoms with Gasteiger partial charge < -0.3 is 0 Å². The lowest BCUT2D eigenvalue weighted by molar-refractivity contribution is 0.734. The summed E-state index contributed by atoms with van der Waals surface area (Å²) in [7, 11) is 0. The molecule has 0 bridgehead atoms. The first-order chi connectivity index (χ1) is 12.1. The molecule has 0 saturated heterocycles. The molecule has 124 valence electrons. The van der Waals surface area contributed by atoms with Gasteiger partial charge in [0, 0.05) is 16.0 Å².